The highest BCUT2D eigenvalue weighted by Gasteiger charge is 2.08. The molecule has 26 heavy (non-hydrogen) atoms. The van der Waals surface area contributed by atoms with Gasteiger partial charge in [0.1, 0.15) is 5.69 Å². The van der Waals surface area contributed by atoms with Gasteiger partial charge in [0, 0.05) is 29.8 Å². The van der Waals surface area contributed by atoms with Gasteiger partial charge in [0.25, 0.3) is 5.91 Å². The molecule has 128 valence electrons. The maximum atomic E-state index is 12.3. The molecule has 4 aromatic rings. The van der Waals surface area contributed by atoms with E-state index in [1.54, 1.807) is 35.4 Å². The molecule has 1 amide bonds. The van der Waals surface area contributed by atoms with E-state index in [4.69, 9.17) is 0 Å². The van der Waals surface area contributed by atoms with Crippen molar-refractivity contribution in [3.05, 3.63) is 90.8 Å². The first kappa shape index (κ1) is 15.8. The number of hydrogen-bond donors (Lipinski definition) is 1. The molecule has 1 N–H and O–H groups in total. The van der Waals surface area contributed by atoms with Crippen LogP contribution < -0.4 is 5.32 Å². The standard InChI is InChI=1S/C19H16N6O/c26-19(15-5-7-17(8-6-15)24-10-1-2-11-24)21-12-16-14-25(23-22-16)18-4-3-9-20-13-18/h1-11,13-14H,12H2,(H,21,26). The summed E-state index contributed by atoms with van der Waals surface area (Å²) in [5, 5.41) is 11.0. The quantitative estimate of drug-likeness (QED) is 0.603. The van der Waals surface area contributed by atoms with E-state index in [9.17, 15) is 4.79 Å². The van der Waals surface area contributed by atoms with E-state index in [1.165, 1.54) is 0 Å². The van der Waals surface area contributed by atoms with Crippen LogP contribution in [-0.4, -0.2) is 30.5 Å². The van der Waals surface area contributed by atoms with Gasteiger partial charge in [0.05, 0.1) is 24.6 Å². The van der Waals surface area contributed by atoms with Crippen LogP contribution >= 0.6 is 0 Å². The van der Waals surface area contributed by atoms with Crippen molar-refractivity contribution in [2.24, 2.45) is 0 Å². The van der Waals surface area contributed by atoms with E-state index >= 15 is 0 Å². The number of nitrogens with one attached hydrogen (secondary N) is 1. The third-order valence-corrected chi connectivity index (χ3v) is 3.91. The molecule has 0 aliphatic carbocycles. The number of hydrogen-bond acceptors (Lipinski definition) is 4. The van der Waals surface area contributed by atoms with Gasteiger partial charge in [0.15, 0.2) is 0 Å². The lowest BCUT2D eigenvalue weighted by Crippen LogP contribution is -2.22. The summed E-state index contributed by atoms with van der Waals surface area (Å²) in [4.78, 5) is 16.4. The van der Waals surface area contributed by atoms with Gasteiger partial charge < -0.3 is 9.88 Å². The smallest absolute Gasteiger partial charge is 0.251 e. The predicted molar refractivity (Wildman–Crippen MR) is 96.1 cm³/mol. The molecule has 0 aliphatic heterocycles. The summed E-state index contributed by atoms with van der Waals surface area (Å²) in [7, 11) is 0. The Kier molecular flexibility index (Phi) is 4.26. The topological polar surface area (TPSA) is 77.6 Å². The number of amides is 1. The third-order valence-electron chi connectivity index (χ3n) is 3.91. The van der Waals surface area contributed by atoms with Crippen LogP contribution in [0, 0.1) is 0 Å². The van der Waals surface area contributed by atoms with E-state index in [0.717, 1.165) is 11.4 Å². The van der Waals surface area contributed by atoms with E-state index in [2.05, 4.69) is 20.6 Å². The van der Waals surface area contributed by atoms with Crippen molar-refractivity contribution in [1.82, 2.24) is 29.9 Å². The second-order valence-electron chi connectivity index (χ2n) is 5.69. The van der Waals surface area contributed by atoms with Crippen LogP contribution in [0.1, 0.15) is 16.1 Å². The first-order valence-corrected chi connectivity index (χ1v) is 8.13. The minimum Gasteiger partial charge on any atom is -0.346 e. The summed E-state index contributed by atoms with van der Waals surface area (Å²) in [6, 6.07) is 15.1. The Morgan fingerprint density at radius 3 is 2.54 bits per heavy atom. The molecule has 7 heteroatoms. The molecule has 0 spiro atoms. The number of aromatic nitrogens is 5. The molecular weight excluding hydrogens is 328 g/mol. The molecule has 0 saturated heterocycles. The zero-order valence-electron chi connectivity index (χ0n) is 13.9. The minimum atomic E-state index is -0.153. The van der Waals surface area contributed by atoms with Crippen molar-refractivity contribution in [1.29, 1.82) is 0 Å². The maximum absolute atomic E-state index is 12.3. The lowest BCUT2D eigenvalue weighted by Gasteiger charge is -2.06. The lowest BCUT2D eigenvalue weighted by atomic mass is 10.2. The van der Waals surface area contributed by atoms with Crippen LogP contribution in [0.2, 0.25) is 0 Å². The first-order chi connectivity index (χ1) is 12.8. The Labute approximate surface area is 149 Å². The van der Waals surface area contributed by atoms with E-state index in [0.29, 0.717) is 17.8 Å². The Morgan fingerprint density at radius 2 is 1.81 bits per heavy atom. The van der Waals surface area contributed by atoms with Gasteiger partial charge in [-0.1, -0.05) is 5.21 Å². The van der Waals surface area contributed by atoms with Crippen LogP contribution in [0.5, 0.6) is 0 Å². The molecule has 1 aromatic carbocycles. The Morgan fingerprint density at radius 1 is 1.00 bits per heavy atom. The van der Waals surface area contributed by atoms with Gasteiger partial charge in [-0.05, 0) is 48.5 Å². The monoisotopic (exact) mass is 344 g/mol. The Bertz CT molecular complexity index is 990. The molecule has 3 aromatic heterocycles. The number of pyridine rings is 1. The number of carbonyl (C=O) groups excluding carboxylic acids is 1. The first-order valence-electron chi connectivity index (χ1n) is 8.13. The van der Waals surface area contributed by atoms with Gasteiger partial charge in [-0.15, -0.1) is 5.10 Å². The highest BCUT2D eigenvalue weighted by molar-refractivity contribution is 5.94. The van der Waals surface area contributed by atoms with Crippen molar-refractivity contribution >= 4 is 5.91 Å². The minimum absolute atomic E-state index is 0.153. The predicted octanol–water partition coefficient (Wildman–Crippen LogP) is 2.38. The summed E-state index contributed by atoms with van der Waals surface area (Å²) in [5.74, 6) is -0.153. The number of rotatable bonds is 5. The molecule has 0 radical (unpaired) electrons. The number of benzene rings is 1. The van der Waals surface area contributed by atoms with Crippen molar-refractivity contribution in [3.8, 4) is 11.4 Å². The number of carbonyl (C=O) groups is 1. The second kappa shape index (κ2) is 7.02. The fraction of sp³-hybridized carbons (Fsp3) is 0.0526. The Balaban J connectivity index is 1.39. The molecule has 3 heterocycles. The van der Waals surface area contributed by atoms with Gasteiger partial charge in [-0.3, -0.25) is 9.78 Å². The van der Waals surface area contributed by atoms with Crippen LogP contribution in [0.4, 0.5) is 0 Å². The summed E-state index contributed by atoms with van der Waals surface area (Å²) in [6.45, 7) is 0.304. The lowest BCUT2D eigenvalue weighted by molar-refractivity contribution is 0.0950. The van der Waals surface area contributed by atoms with Crippen LogP contribution in [0.15, 0.2) is 79.5 Å². The number of nitrogens with zero attached hydrogens (tertiary/aromatic N) is 5. The summed E-state index contributed by atoms with van der Waals surface area (Å²) in [6.07, 6.45) is 9.08. The zero-order chi connectivity index (χ0) is 17.8. The van der Waals surface area contributed by atoms with Crippen molar-refractivity contribution in [2.45, 2.75) is 6.54 Å². The average Bonchev–Trinajstić information content (AvgIpc) is 3.39. The molecule has 7 nitrogen and oxygen atoms in total. The average molecular weight is 344 g/mol. The summed E-state index contributed by atoms with van der Waals surface area (Å²) >= 11 is 0. The molecule has 0 atom stereocenters. The van der Waals surface area contributed by atoms with Crippen LogP contribution in [0.3, 0.4) is 0 Å². The summed E-state index contributed by atoms with van der Waals surface area (Å²) in [5.41, 5.74) is 3.09. The van der Waals surface area contributed by atoms with E-state index in [-0.39, 0.29) is 5.91 Å². The molecule has 0 unspecified atom stereocenters. The SMILES string of the molecule is O=C(NCc1cn(-c2cccnc2)nn1)c1ccc(-n2cccc2)cc1. The van der Waals surface area contributed by atoms with Crippen molar-refractivity contribution < 1.29 is 4.79 Å². The molecule has 0 fully saturated rings. The molecule has 4 rings (SSSR count). The highest BCUT2D eigenvalue weighted by Crippen LogP contribution is 2.10. The van der Waals surface area contributed by atoms with Crippen LogP contribution in [0.25, 0.3) is 11.4 Å². The fourth-order valence-corrected chi connectivity index (χ4v) is 2.56. The fourth-order valence-electron chi connectivity index (χ4n) is 2.56. The van der Waals surface area contributed by atoms with Gasteiger partial charge in [-0.2, -0.15) is 0 Å². The van der Waals surface area contributed by atoms with E-state index in [1.807, 2.05) is 53.4 Å². The largest absolute Gasteiger partial charge is 0.346 e. The molecule has 0 aliphatic rings. The third kappa shape index (κ3) is 3.36. The zero-order valence-corrected chi connectivity index (χ0v) is 13.9. The Hall–Kier alpha value is -3.74. The molecular formula is C19H16N6O. The maximum Gasteiger partial charge on any atom is 0.251 e. The van der Waals surface area contributed by atoms with Crippen molar-refractivity contribution in [2.75, 3.05) is 0 Å². The molecule has 0 bridgehead atoms. The van der Waals surface area contributed by atoms with Gasteiger partial charge in [-0.25, -0.2) is 4.68 Å². The van der Waals surface area contributed by atoms with Crippen LogP contribution in [-0.2, 0) is 6.54 Å². The normalized spacial score (nSPS) is 10.6. The van der Waals surface area contributed by atoms with E-state index < -0.39 is 0 Å². The van der Waals surface area contributed by atoms with Gasteiger partial charge >= 0.3 is 0 Å². The van der Waals surface area contributed by atoms with Gasteiger partial charge in [0.2, 0.25) is 0 Å². The summed E-state index contributed by atoms with van der Waals surface area (Å²) < 4.78 is 3.61. The van der Waals surface area contributed by atoms with Crippen molar-refractivity contribution in [3.63, 3.8) is 0 Å². The molecule has 0 saturated carbocycles. The second-order valence-corrected chi connectivity index (χ2v) is 5.69. The highest BCUT2D eigenvalue weighted by atomic mass is 16.1.